The van der Waals surface area contributed by atoms with Gasteiger partial charge in [-0.25, -0.2) is 4.76 Å². The van der Waals surface area contributed by atoms with E-state index in [0.29, 0.717) is 0 Å². The summed E-state index contributed by atoms with van der Waals surface area (Å²) in [6.07, 6.45) is 3.48. The smallest absolute Gasteiger partial charge is 0.247 e. The van der Waals surface area contributed by atoms with Crippen LogP contribution in [-0.2, 0) is 11.0 Å². The SMILES string of the molecule is O=P(N=CCCc1ccccc1)(c1ccccc1)c1ccccc1. The van der Waals surface area contributed by atoms with Crippen LogP contribution in [-0.4, -0.2) is 6.21 Å². The Hall–Kier alpha value is -2.44. The molecule has 0 heterocycles. The largest absolute Gasteiger partial charge is 0.288 e. The van der Waals surface area contributed by atoms with Crippen LogP contribution in [0, 0.1) is 0 Å². The van der Waals surface area contributed by atoms with Gasteiger partial charge < -0.3 is 0 Å². The molecule has 3 aromatic carbocycles. The molecular formula is C21H20NOP. The van der Waals surface area contributed by atoms with E-state index in [1.165, 1.54) is 5.56 Å². The summed E-state index contributed by atoms with van der Waals surface area (Å²) in [4.78, 5) is 0. The summed E-state index contributed by atoms with van der Waals surface area (Å²) in [5.41, 5.74) is 1.26. The first-order chi connectivity index (χ1) is 11.8. The van der Waals surface area contributed by atoms with E-state index in [1.807, 2.05) is 85.1 Å². The number of rotatable bonds is 6. The van der Waals surface area contributed by atoms with E-state index < -0.39 is 7.29 Å². The van der Waals surface area contributed by atoms with Crippen LogP contribution in [0.2, 0.25) is 0 Å². The molecule has 0 atom stereocenters. The monoisotopic (exact) mass is 333 g/mol. The maximum absolute atomic E-state index is 13.6. The van der Waals surface area contributed by atoms with E-state index in [1.54, 1.807) is 0 Å². The second-order valence-corrected chi connectivity index (χ2v) is 7.99. The van der Waals surface area contributed by atoms with Crippen LogP contribution in [0.25, 0.3) is 0 Å². The lowest BCUT2D eigenvalue weighted by molar-refractivity contribution is 0.588. The lowest BCUT2D eigenvalue weighted by Gasteiger charge is -2.14. The molecule has 2 nitrogen and oxygen atoms in total. The van der Waals surface area contributed by atoms with E-state index in [-0.39, 0.29) is 0 Å². The second kappa shape index (κ2) is 7.90. The first-order valence-electron chi connectivity index (χ1n) is 8.08. The summed E-state index contributed by atoms with van der Waals surface area (Å²) in [5.74, 6) is 0. The predicted molar refractivity (Wildman–Crippen MR) is 103 cm³/mol. The van der Waals surface area contributed by atoms with Gasteiger partial charge in [-0.2, -0.15) is 0 Å². The lowest BCUT2D eigenvalue weighted by atomic mass is 10.1. The molecule has 3 rings (SSSR count). The molecule has 120 valence electrons. The predicted octanol–water partition coefficient (Wildman–Crippen LogP) is 4.62. The summed E-state index contributed by atoms with van der Waals surface area (Å²) in [6, 6.07) is 29.3. The summed E-state index contributed by atoms with van der Waals surface area (Å²) < 4.78 is 18.2. The van der Waals surface area contributed by atoms with Crippen LogP contribution < -0.4 is 10.6 Å². The first kappa shape index (κ1) is 16.4. The van der Waals surface area contributed by atoms with Crippen LogP contribution in [0.1, 0.15) is 12.0 Å². The highest BCUT2D eigenvalue weighted by molar-refractivity contribution is 7.77. The van der Waals surface area contributed by atoms with Gasteiger partial charge in [-0.15, -0.1) is 0 Å². The zero-order valence-electron chi connectivity index (χ0n) is 13.5. The Morgan fingerprint density at radius 3 is 1.67 bits per heavy atom. The highest BCUT2D eigenvalue weighted by Gasteiger charge is 2.25. The van der Waals surface area contributed by atoms with Crippen molar-refractivity contribution >= 4 is 24.1 Å². The van der Waals surface area contributed by atoms with Gasteiger partial charge in [-0.05, 0) is 42.7 Å². The first-order valence-corrected chi connectivity index (χ1v) is 9.74. The van der Waals surface area contributed by atoms with Crippen LogP contribution in [0.5, 0.6) is 0 Å². The Labute approximate surface area is 143 Å². The zero-order chi connectivity index (χ0) is 16.7. The number of benzene rings is 3. The van der Waals surface area contributed by atoms with Crippen molar-refractivity contribution in [3.05, 3.63) is 96.6 Å². The molecule has 0 bridgehead atoms. The maximum Gasteiger partial charge on any atom is 0.247 e. The molecule has 0 saturated carbocycles. The minimum atomic E-state index is -2.98. The summed E-state index contributed by atoms with van der Waals surface area (Å²) in [7, 11) is -2.98. The lowest BCUT2D eigenvalue weighted by Crippen LogP contribution is -2.14. The molecule has 0 N–H and O–H groups in total. The average Bonchev–Trinajstić information content (AvgIpc) is 2.67. The van der Waals surface area contributed by atoms with Gasteiger partial charge in [-0.1, -0.05) is 66.7 Å². The Bertz CT molecular complexity index is 786. The van der Waals surface area contributed by atoms with Gasteiger partial charge in [0.25, 0.3) is 0 Å². The number of aryl methyl sites for hydroxylation is 1. The molecule has 0 spiro atoms. The Morgan fingerprint density at radius 2 is 1.17 bits per heavy atom. The Morgan fingerprint density at radius 1 is 0.708 bits per heavy atom. The van der Waals surface area contributed by atoms with E-state index in [0.717, 1.165) is 23.5 Å². The van der Waals surface area contributed by atoms with Crippen molar-refractivity contribution in [2.45, 2.75) is 12.8 Å². The van der Waals surface area contributed by atoms with Crippen LogP contribution in [0.15, 0.2) is 95.8 Å². The highest BCUT2D eigenvalue weighted by Crippen LogP contribution is 2.44. The molecule has 0 saturated heterocycles. The van der Waals surface area contributed by atoms with Crippen molar-refractivity contribution < 1.29 is 4.57 Å². The molecule has 3 heteroatoms. The zero-order valence-corrected chi connectivity index (χ0v) is 14.3. The second-order valence-electron chi connectivity index (χ2n) is 5.57. The summed E-state index contributed by atoms with van der Waals surface area (Å²) in [6.45, 7) is 0. The molecule has 0 amide bonds. The average molecular weight is 333 g/mol. The fraction of sp³-hybridized carbons (Fsp3) is 0.0952. The third-order valence-corrected chi connectivity index (χ3v) is 6.35. The minimum Gasteiger partial charge on any atom is -0.288 e. The van der Waals surface area contributed by atoms with Crippen LogP contribution >= 0.6 is 7.29 Å². The highest BCUT2D eigenvalue weighted by atomic mass is 31.2. The van der Waals surface area contributed by atoms with Crippen molar-refractivity contribution in [3.63, 3.8) is 0 Å². The molecule has 0 aliphatic rings. The summed E-state index contributed by atoms with van der Waals surface area (Å²) >= 11 is 0. The van der Waals surface area contributed by atoms with Gasteiger partial charge in [0.05, 0.1) is 0 Å². The third-order valence-electron chi connectivity index (χ3n) is 3.86. The number of hydrogen-bond acceptors (Lipinski definition) is 1. The van der Waals surface area contributed by atoms with E-state index in [2.05, 4.69) is 16.9 Å². The topological polar surface area (TPSA) is 29.4 Å². The molecule has 24 heavy (non-hydrogen) atoms. The molecule has 0 fully saturated rings. The van der Waals surface area contributed by atoms with E-state index >= 15 is 0 Å². The fourth-order valence-corrected chi connectivity index (χ4v) is 4.65. The van der Waals surface area contributed by atoms with Gasteiger partial charge in [-0.3, -0.25) is 4.57 Å². The Balaban J connectivity index is 1.83. The van der Waals surface area contributed by atoms with Crippen molar-refractivity contribution in [3.8, 4) is 0 Å². The number of nitrogens with zero attached hydrogens (tertiary/aromatic N) is 1. The molecule has 0 aromatic heterocycles. The molecular weight excluding hydrogens is 313 g/mol. The van der Waals surface area contributed by atoms with Gasteiger partial charge in [0, 0.05) is 16.8 Å². The van der Waals surface area contributed by atoms with Crippen LogP contribution in [0.4, 0.5) is 0 Å². The molecule has 0 radical (unpaired) electrons. The fourth-order valence-electron chi connectivity index (χ4n) is 2.59. The molecule has 0 aliphatic carbocycles. The maximum atomic E-state index is 13.6. The molecule has 0 aliphatic heterocycles. The quantitative estimate of drug-likeness (QED) is 0.478. The van der Waals surface area contributed by atoms with Gasteiger partial charge >= 0.3 is 0 Å². The summed E-state index contributed by atoms with van der Waals surface area (Å²) in [5, 5.41) is 1.54. The Kier molecular flexibility index (Phi) is 5.40. The van der Waals surface area contributed by atoms with Gasteiger partial charge in [0.15, 0.2) is 0 Å². The van der Waals surface area contributed by atoms with Crippen molar-refractivity contribution in [1.29, 1.82) is 0 Å². The third kappa shape index (κ3) is 3.90. The van der Waals surface area contributed by atoms with Crippen molar-refractivity contribution in [2.24, 2.45) is 4.76 Å². The normalized spacial score (nSPS) is 11.7. The molecule has 0 unspecified atom stereocenters. The van der Waals surface area contributed by atoms with E-state index in [4.69, 9.17) is 0 Å². The van der Waals surface area contributed by atoms with E-state index in [9.17, 15) is 4.57 Å². The van der Waals surface area contributed by atoms with Gasteiger partial charge in [0.2, 0.25) is 7.29 Å². The van der Waals surface area contributed by atoms with Crippen molar-refractivity contribution in [2.75, 3.05) is 0 Å². The van der Waals surface area contributed by atoms with Crippen molar-refractivity contribution in [1.82, 2.24) is 0 Å². The van der Waals surface area contributed by atoms with Crippen LogP contribution in [0.3, 0.4) is 0 Å². The van der Waals surface area contributed by atoms with Gasteiger partial charge in [0.1, 0.15) is 0 Å². The number of hydrogen-bond donors (Lipinski definition) is 0. The minimum absolute atomic E-state index is 0.771. The standard InChI is InChI=1S/C21H20NOP/c23-24(20-14-6-2-7-15-20,21-16-8-3-9-17-21)22-18-10-13-19-11-4-1-5-12-19/h1-9,11-12,14-18H,10,13H2. The molecule has 3 aromatic rings.